The normalized spacial score (nSPS) is 11.2. The number of rotatable bonds is 2. The highest BCUT2D eigenvalue weighted by atomic mass is 32.1. The van der Waals surface area contributed by atoms with Gasteiger partial charge in [0.15, 0.2) is 0 Å². The summed E-state index contributed by atoms with van der Waals surface area (Å²) in [5, 5.41) is 11.1. The van der Waals surface area contributed by atoms with Gasteiger partial charge >= 0.3 is 0 Å². The third kappa shape index (κ3) is 2.43. The molecular weight excluding hydrogens is 233 g/mol. The van der Waals surface area contributed by atoms with Crippen LogP contribution in [0.25, 0.3) is 11.6 Å². The molecule has 0 spiro atoms. The van der Waals surface area contributed by atoms with Crippen LogP contribution in [0.2, 0.25) is 0 Å². The van der Waals surface area contributed by atoms with Gasteiger partial charge < -0.3 is 0 Å². The first kappa shape index (κ1) is 11.6. The highest BCUT2D eigenvalue weighted by Crippen LogP contribution is 2.24. The molecule has 1 nitrogen and oxygen atoms in total. The van der Waals surface area contributed by atoms with Crippen molar-refractivity contribution in [3.63, 3.8) is 0 Å². The Kier molecular flexibility index (Phi) is 3.36. The van der Waals surface area contributed by atoms with E-state index >= 15 is 0 Å². The van der Waals surface area contributed by atoms with Gasteiger partial charge in [-0.3, -0.25) is 0 Å². The summed E-state index contributed by atoms with van der Waals surface area (Å²) < 4.78 is 13.6. The highest BCUT2D eigenvalue weighted by molar-refractivity contribution is 7.11. The summed E-state index contributed by atoms with van der Waals surface area (Å²) in [5.41, 5.74) is 1.80. The van der Waals surface area contributed by atoms with Crippen molar-refractivity contribution in [2.75, 3.05) is 0 Å². The predicted octanol–water partition coefficient (Wildman–Crippen LogP) is 4.26. The molecule has 84 valence electrons. The van der Waals surface area contributed by atoms with Crippen molar-refractivity contribution in [2.24, 2.45) is 0 Å². The summed E-state index contributed by atoms with van der Waals surface area (Å²) in [5.74, 6) is -0.366. The van der Waals surface area contributed by atoms with E-state index < -0.39 is 0 Å². The zero-order chi connectivity index (χ0) is 12.3. The van der Waals surface area contributed by atoms with E-state index in [9.17, 15) is 4.39 Å². The molecule has 0 bridgehead atoms. The van der Waals surface area contributed by atoms with Gasteiger partial charge in [-0.2, -0.15) is 5.26 Å². The first-order chi connectivity index (χ1) is 8.22. The largest absolute Gasteiger partial charge is 0.206 e. The molecule has 1 aromatic carbocycles. The molecule has 0 amide bonds. The van der Waals surface area contributed by atoms with Gasteiger partial charge in [-0.1, -0.05) is 18.2 Å². The number of thiophene rings is 1. The van der Waals surface area contributed by atoms with Crippen LogP contribution < -0.4 is 0 Å². The Morgan fingerprint density at radius 3 is 2.71 bits per heavy atom. The topological polar surface area (TPSA) is 23.8 Å². The highest BCUT2D eigenvalue weighted by Gasteiger charge is 2.07. The van der Waals surface area contributed by atoms with Crippen LogP contribution in [0, 0.1) is 24.1 Å². The molecule has 17 heavy (non-hydrogen) atoms. The summed E-state index contributed by atoms with van der Waals surface area (Å²) in [4.78, 5) is 0.991. The number of halogens is 1. The maximum Gasteiger partial charge on any atom is 0.131 e. The third-order valence-corrected chi connectivity index (χ3v) is 3.43. The molecule has 0 atom stereocenters. The van der Waals surface area contributed by atoms with Crippen LogP contribution in [0.3, 0.4) is 0 Å². The third-order valence-electron chi connectivity index (χ3n) is 2.46. The number of hydrogen-bond acceptors (Lipinski definition) is 2. The minimum atomic E-state index is -0.366. The summed E-state index contributed by atoms with van der Waals surface area (Å²) >= 11 is 1.54. The van der Waals surface area contributed by atoms with Gasteiger partial charge in [-0.05, 0) is 36.1 Å². The lowest BCUT2D eigenvalue weighted by Gasteiger charge is -2.00. The van der Waals surface area contributed by atoms with E-state index in [1.807, 2.05) is 18.4 Å². The Morgan fingerprint density at radius 2 is 2.12 bits per heavy atom. The first-order valence-electron chi connectivity index (χ1n) is 5.13. The monoisotopic (exact) mass is 243 g/mol. The molecule has 0 N–H and O–H groups in total. The fraction of sp³-hybridized carbons (Fsp3) is 0.0714. The molecule has 0 radical (unpaired) electrons. The van der Waals surface area contributed by atoms with Crippen molar-refractivity contribution in [1.82, 2.24) is 0 Å². The van der Waals surface area contributed by atoms with Crippen LogP contribution in [-0.4, -0.2) is 0 Å². The van der Waals surface area contributed by atoms with E-state index in [0.29, 0.717) is 11.1 Å². The minimum absolute atomic E-state index is 0.350. The van der Waals surface area contributed by atoms with Crippen LogP contribution in [0.5, 0.6) is 0 Å². The van der Waals surface area contributed by atoms with Crippen molar-refractivity contribution in [3.05, 3.63) is 57.5 Å². The van der Waals surface area contributed by atoms with E-state index in [1.165, 1.54) is 6.07 Å². The van der Waals surface area contributed by atoms with Gasteiger partial charge in [0.05, 0.1) is 11.6 Å². The summed E-state index contributed by atoms with van der Waals surface area (Å²) in [6.45, 7) is 1.97. The molecule has 3 heteroatoms. The van der Waals surface area contributed by atoms with Crippen molar-refractivity contribution in [1.29, 1.82) is 5.26 Å². The molecular formula is C14H10FNS. The summed E-state index contributed by atoms with van der Waals surface area (Å²) in [6.07, 6.45) is 1.73. The SMILES string of the molecule is Cc1ccsc1C=C(C#N)c1ccccc1F. The molecule has 2 rings (SSSR count). The molecule has 1 heterocycles. The van der Waals surface area contributed by atoms with Gasteiger partial charge in [0.2, 0.25) is 0 Å². The number of nitriles is 1. The van der Waals surface area contributed by atoms with Crippen LogP contribution >= 0.6 is 11.3 Å². The Morgan fingerprint density at radius 1 is 1.35 bits per heavy atom. The predicted molar refractivity (Wildman–Crippen MR) is 68.9 cm³/mol. The molecule has 1 aromatic heterocycles. The molecule has 0 aliphatic carbocycles. The molecule has 0 unspecified atom stereocenters. The Labute approximate surface area is 103 Å². The average Bonchev–Trinajstić information content (AvgIpc) is 2.73. The molecule has 0 aliphatic rings. The van der Waals surface area contributed by atoms with Crippen LogP contribution in [0.15, 0.2) is 35.7 Å². The maximum atomic E-state index is 13.6. The number of aryl methyl sites for hydroxylation is 1. The van der Waals surface area contributed by atoms with E-state index in [-0.39, 0.29) is 5.82 Å². The van der Waals surface area contributed by atoms with Gasteiger partial charge in [0, 0.05) is 10.4 Å². The van der Waals surface area contributed by atoms with E-state index in [2.05, 4.69) is 6.07 Å². The average molecular weight is 243 g/mol. The van der Waals surface area contributed by atoms with Gasteiger partial charge in [-0.25, -0.2) is 4.39 Å². The molecule has 2 aromatic rings. The molecule has 0 aliphatic heterocycles. The van der Waals surface area contributed by atoms with Gasteiger partial charge in [0.25, 0.3) is 0 Å². The fourth-order valence-corrected chi connectivity index (χ4v) is 2.37. The lowest BCUT2D eigenvalue weighted by molar-refractivity contribution is 0.624. The Hall–Kier alpha value is -1.92. The quantitative estimate of drug-likeness (QED) is 0.723. The molecule has 0 fully saturated rings. The Bertz CT molecular complexity index is 605. The number of allylic oxidation sites excluding steroid dienone is 1. The van der Waals surface area contributed by atoms with Crippen molar-refractivity contribution >= 4 is 23.0 Å². The number of nitrogens with zero attached hydrogens (tertiary/aromatic N) is 1. The summed E-state index contributed by atoms with van der Waals surface area (Å²) in [6, 6.07) is 10.4. The van der Waals surface area contributed by atoms with Gasteiger partial charge in [-0.15, -0.1) is 11.3 Å². The van der Waals surface area contributed by atoms with Crippen molar-refractivity contribution in [2.45, 2.75) is 6.92 Å². The second-order valence-corrected chi connectivity index (χ2v) is 4.57. The summed E-state index contributed by atoms with van der Waals surface area (Å²) in [7, 11) is 0. The van der Waals surface area contributed by atoms with Crippen LogP contribution in [0.4, 0.5) is 4.39 Å². The first-order valence-corrected chi connectivity index (χ1v) is 6.01. The molecule has 0 saturated carbocycles. The fourth-order valence-electron chi connectivity index (χ4n) is 1.51. The minimum Gasteiger partial charge on any atom is -0.206 e. The van der Waals surface area contributed by atoms with E-state index in [1.54, 1.807) is 35.6 Å². The maximum absolute atomic E-state index is 13.6. The standard InChI is InChI=1S/C14H10FNS/c1-10-6-7-17-14(10)8-11(9-16)12-4-2-3-5-13(12)15/h2-8H,1H3. The number of benzene rings is 1. The number of hydrogen-bond donors (Lipinski definition) is 0. The smallest absolute Gasteiger partial charge is 0.131 e. The zero-order valence-electron chi connectivity index (χ0n) is 9.27. The van der Waals surface area contributed by atoms with Crippen molar-refractivity contribution in [3.8, 4) is 6.07 Å². The second kappa shape index (κ2) is 4.94. The van der Waals surface area contributed by atoms with Crippen molar-refractivity contribution < 1.29 is 4.39 Å². The lowest BCUT2D eigenvalue weighted by atomic mass is 10.1. The van der Waals surface area contributed by atoms with Crippen LogP contribution in [-0.2, 0) is 0 Å². The molecule has 0 saturated heterocycles. The van der Waals surface area contributed by atoms with E-state index in [4.69, 9.17) is 5.26 Å². The van der Waals surface area contributed by atoms with E-state index in [0.717, 1.165) is 10.4 Å². The zero-order valence-corrected chi connectivity index (χ0v) is 10.1. The second-order valence-electron chi connectivity index (χ2n) is 3.62. The van der Waals surface area contributed by atoms with Gasteiger partial charge in [0.1, 0.15) is 5.82 Å². The lowest BCUT2D eigenvalue weighted by Crippen LogP contribution is -1.87. The van der Waals surface area contributed by atoms with Crippen LogP contribution in [0.1, 0.15) is 16.0 Å². The Balaban J connectivity index is 2.49.